The minimum atomic E-state index is 0.406. The summed E-state index contributed by atoms with van der Waals surface area (Å²) in [6.45, 7) is 0.406. The van der Waals surface area contributed by atoms with Gasteiger partial charge in [0.05, 0.1) is 5.69 Å². The van der Waals surface area contributed by atoms with E-state index in [1.165, 1.54) is 0 Å². The molecule has 0 radical (unpaired) electrons. The molecule has 2 N–H and O–H groups in total. The summed E-state index contributed by atoms with van der Waals surface area (Å²) < 4.78 is 1.86. The maximum absolute atomic E-state index is 6.21. The highest BCUT2D eigenvalue weighted by atomic mass is 35.5. The molecule has 2 heterocycles. The molecule has 0 atom stereocenters. The van der Waals surface area contributed by atoms with Gasteiger partial charge in [0.25, 0.3) is 0 Å². The topological polar surface area (TPSA) is 56.2 Å². The van der Waals surface area contributed by atoms with Crippen molar-refractivity contribution in [2.45, 2.75) is 6.54 Å². The SMILES string of the molecule is NCc1cn2cncc(-c3ccccc3Cl)c2n1. The lowest BCUT2D eigenvalue weighted by atomic mass is 10.1. The lowest BCUT2D eigenvalue weighted by Gasteiger charge is -2.04. The van der Waals surface area contributed by atoms with Gasteiger partial charge in [-0.25, -0.2) is 9.97 Å². The van der Waals surface area contributed by atoms with Crippen molar-refractivity contribution in [3.05, 3.63) is 53.7 Å². The van der Waals surface area contributed by atoms with E-state index in [2.05, 4.69) is 9.97 Å². The van der Waals surface area contributed by atoms with Crippen molar-refractivity contribution in [1.29, 1.82) is 0 Å². The van der Waals surface area contributed by atoms with Crippen molar-refractivity contribution in [2.24, 2.45) is 5.73 Å². The quantitative estimate of drug-likeness (QED) is 0.768. The van der Waals surface area contributed by atoms with E-state index in [4.69, 9.17) is 17.3 Å². The molecule has 0 amide bonds. The number of fused-ring (bicyclic) bond motifs is 1. The van der Waals surface area contributed by atoms with Crippen LogP contribution in [0.3, 0.4) is 0 Å². The molecule has 90 valence electrons. The van der Waals surface area contributed by atoms with Gasteiger partial charge >= 0.3 is 0 Å². The molecule has 0 saturated heterocycles. The summed E-state index contributed by atoms with van der Waals surface area (Å²) in [5.74, 6) is 0. The maximum atomic E-state index is 6.21. The van der Waals surface area contributed by atoms with Crippen LogP contribution in [0.4, 0.5) is 0 Å². The summed E-state index contributed by atoms with van der Waals surface area (Å²) in [4.78, 5) is 8.69. The zero-order valence-electron chi connectivity index (χ0n) is 9.55. The smallest absolute Gasteiger partial charge is 0.147 e. The molecule has 0 spiro atoms. The Kier molecular flexibility index (Phi) is 2.74. The number of benzene rings is 1. The molecule has 3 rings (SSSR count). The van der Waals surface area contributed by atoms with Gasteiger partial charge in [-0.2, -0.15) is 0 Å². The predicted molar refractivity (Wildman–Crippen MR) is 71.3 cm³/mol. The summed E-state index contributed by atoms with van der Waals surface area (Å²) in [6.07, 6.45) is 5.36. The Morgan fingerprint density at radius 1 is 1.22 bits per heavy atom. The van der Waals surface area contributed by atoms with E-state index in [9.17, 15) is 0 Å². The van der Waals surface area contributed by atoms with E-state index < -0.39 is 0 Å². The van der Waals surface area contributed by atoms with Crippen LogP contribution in [0.5, 0.6) is 0 Å². The van der Waals surface area contributed by atoms with Crippen LogP contribution in [-0.2, 0) is 6.54 Å². The first-order valence-corrected chi connectivity index (χ1v) is 5.94. The molecule has 0 bridgehead atoms. The minimum absolute atomic E-state index is 0.406. The van der Waals surface area contributed by atoms with E-state index in [0.29, 0.717) is 11.6 Å². The van der Waals surface area contributed by atoms with Gasteiger partial charge in [0.15, 0.2) is 0 Å². The zero-order chi connectivity index (χ0) is 12.5. The second-order valence-corrected chi connectivity index (χ2v) is 4.36. The molecule has 0 saturated carbocycles. The Morgan fingerprint density at radius 3 is 2.83 bits per heavy atom. The fourth-order valence-corrected chi connectivity index (χ4v) is 2.17. The highest BCUT2D eigenvalue weighted by Crippen LogP contribution is 2.29. The Hall–Kier alpha value is -1.91. The Morgan fingerprint density at radius 2 is 2.06 bits per heavy atom. The fraction of sp³-hybridized carbons (Fsp3) is 0.0769. The van der Waals surface area contributed by atoms with Crippen LogP contribution in [-0.4, -0.2) is 14.4 Å². The van der Waals surface area contributed by atoms with Crippen molar-refractivity contribution in [1.82, 2.24) is 14.4 Å². The molecule has 5 heteroatoms. The van der Waals surface area contributed by atoms with Crippen molar-refractivity contribution in [2.75, 3.05) is 0 Å². The van der Waals surface area contributed by atoms with Crippen LogP contribution in [0.2, 0.25) is 5.02 Å². The summed E-state index contributed by atoms with van der Waals surface area (Å²) in [6, 6.07) is 7.65. The molecular weight excluding hydrogens is 248 g/mol. The Bertz CT molecular complexity index is 705. The van der Waals surface area contributed by atoms with Crippen molar-refractivity contribution < 1.29 is 0 Å². The second kappa shape index (κ2) is 4.40. The standard InChI is InChI=1S/C13H11ClN4/c14-12-4-2-1-3-10(12)11-6-16-8-18-7-9(5-15)17-13(11)18/h1-4,6-8H,5,15H2. The monoisotopic (exact) mass is 258 g/mol. The number of hydrogen-bond acceptors (Lipinski definition) is 3. The lowest BCUT2D eigenvalue weighted by Crippen LogP contribution is -1.95. The first-order chi connectivity index (χ1) is 8.79. The molecule has 0 aliphatic heterocycles. The largest absolute Gasteiger partial charge is 0.325 e. The van der Waals surface area contributed by atoms with Crippen LogP contribution in [0.25, 0.3) is 16.8 Å². The van der Waals surface area contributed by atoms with Gasteiger partial charge in [-0.3, -0.25) is 4.40 Å². The van der Waals surface area contributed by atoms with E-state index >= 15 is 0 Å². The lowest BCUT2D eigenvalue weighted by molar-refractivity contribution is 1.01. The highest BCUT2D eigenvalue weighted by molar-refractivity contribution is 6.33. The van der Waals surface area contributed by atoms with Crippen molar-refractivity contribution >= 4 is 17.2 Å². The van der Waals surface area contributed by atoms with Gasteiger partial charge < -0.3 is 5.73 Å². The maximum Gasteiger partial charge on any atom is 0.147 e. The summed E-state index contributed by atoms with van der Waals surface area (Å²) in [5, 5.41) is 0.685. The molecule has 18 heavy (non-hydrogen) atoms. The molecule has 0 aliphatic carbocycles. The molecule has 0 unspecified atom stereocenters. The minimum Gasteiger partial charge on any atom is -0.325 e. The number of halogens is 1. The molecule has 1 aromatic carbocycles. The summed E-state index contributed by atoms with van der Waals surface area (Å²) in [7, 11) is 0. The van der Waals surface area contributed by atoms with E-state index in [1.54, 1.807) is 12.5 Å². The van der Waals surface area contributed by atoms with E-state index in [1.807, 2.05) is 34.9 Å². The third kappa shape index (κ3) is 1.75. The number of imidazole rings is 1. The first-order valence-electron chi connectivity index (χ1n) is 5.56. The first kappa shape index (κ1) is 11.2. The van der Waals surface area contributed by atoms with Crippen LogP contribution < -0.4 is 5.73 Å². The van der Waals surface area contributed by atoms with Gasteiger partial charge in [-0.05, 0) is 6.07 Å². The van der Waals surface area contributed by atoms with E-state index in [0.717, 1.165) is 22.5 Å². The number of hydrogen-bond donors (Lipinski definition) is 1. The summed E-state index contributed by atoms with van der Waals surface area (Å²) >= 11 is 6.21. The molecule has 0 aliphatic rings. The average molecular weight is 259 g/mol. The molecular formula is C13H11ClN4. The fourth-order valence-electron chi connectivity index (χ4n) is 1.94. The van der Waals surface area contributed by atoms with Gasteiger partial charge in [-0.1, -0.05) is 29.8 Å². The van der Waals surface area contributed by atoms with Crippen molar-refractivity contribution in [3.8, 4) is 11.1 Å². The molecule has 3 aromatic rings. The van der Waals surface area contributed by atoms with Crippen molar-refractivity contribution in [3.63, 3.8) is 0 Å². The van der Waals surface area contributed by atoms with Crippen LogP contribution >= 0.6 is 11.6 Å². The van der Waals surface area contributed by atoms with Gasteiger partial charge in [0, 0.05) is 35.1 Å². The van der Waals surface area contributed by atoms with Gasteiger partial charge in [-0.15, -0.1) is 0 Å². The third-order valence-electron chi connectivity index (χ3n) is 2.79. The third-order valence-corrected chi connectivity index (χ3v) is 3.12. The van der Waals surface area contributed by atoms with E-state index in [-0.39, 0.29) is 0 Å². The second-order valence-electron chi connectivity index (χ2n) is 3.95. The predicted octanol–water partition coefficient (Wildman–Crippen LogP) is 2.51. The highest BCUT2D eigenvalue weighted by Gasteiger charge is 2.10. The van der Waals surface area contributed by atoms with Gasteiger partial charge in [0.1, 0.15) is 12.0 Å². The summed E-state index contributed by atoms with van der Waals surface area (Å²) in [5.41, 5.74) is 9.09. The average Bonchev–Trinajstić information content (AvgIpc) is 2.82. The molecule has 0 fully saturated rings. The van der Waals surface area contributed by atoms with Gasteiger partial charge in [0.2, 0.25) is 0 Å². The molecule has 4 nitrogen and oxygen atoms in total. The van der Waals surface area contributed by atoms with Crippen LogP contribution in [0.1, 0.15) is 5.69 Å². The van der Waals surface area contributed by atoms with Crippen LogP contribution in [0, 0.1) is 0 Å². The Balaban J connectivity index is 2.29. The zero-order valence-corrected chi connectivity index (χ0v) is 10.3. The normalized spacial score (nSPS) is 11.0. The Labute approximate surface area is 109 Å². The number of nitrogens with zero attached hydrogens (tertiary/aromatic N) is 3. The van der Waals surface area contributed by atoms with Crippen LogP contribution in [0.15, 0.2) is 43.0 Å². The molecule has 2 aromatic heterocycles. The number of nitrogens with two attached hydrogens (primary N) is 1. The number of rotatable bonds is 2. The number of aromatic nitrogens is 3.